The number of rotatable bonds is 5. The lowest BCUT2D eigenvalue weighted by Gasteiger charge is -2.10. The molecule has 24 heavy (non-hydrogen) atoms. The van der Waals surface area contributed by atoms with Gasteiger partial charge < -0.3 is 9.15 Å². The van der Waals surface area contributed by atoms with Crippen molar-refractivity contribution in [2.45, 2.75) is 10.6 Å². The highest BCUT2D eigenvalue weighted by Crippen LogP contribution is 2.32. The van der Waals surface area contributed by atoms with Crippen molar-refractivity contribution in [2.24, 2.45) is 0 Å². The van der Waals surface area contributed by atoms with Crippen LogP contribution in [0.5, 0.6) is 5.75 Å². The summed E-state index contributed by atoms with van der Waals surface area (Å²) < 4.78 is 48.3. The van der Waals surface area contributed by atoms with Crippen LogP contribution in [0.1, 0.15) is 5.56 Å². The zero-order valence-electron chi connectivity index (χ0n) is 12.9. The van der Waals surface area contributed by atoms with Crippen molar-refractivity contribution in [3.63, 3.8) is 0 Å². The van der Waals surface area contributed by atoms with Crippen molar-refractivity contribution < 1.29 is 22.0 Å². The highest BCUT2D eigenvalue weighted by Gasteiger charge is 2.17. The number of hydrogen-bond donors (Lipinski definition) is 0. The molecule has 0 atom stereocenters. The van der Waals surface area contributed by atoms with Crippen LogP contribution in [-0.2, 0) is 15.6 Å². The molecule has 0 N–H and O–H groups in total. The van der Waals surface area contributed by atoms with Gasteiger partial charge in [-0.25, -0.2) is 12.8 Å². The molecule has 0 spiro atoms. The van der Waals surface area contributed by atoms with E-state index in [2.05, 4.69) is 0 Å². The van der Waals surface area contributed by atoms with Crippen molar-refractivity contribution in [3.05, 3.63) is 72.4 Å². The van der Waals surface area contributed by atoms with Gasteiger partial charge in [-0.1, -0.05) is 12.1 Å². The molecule has 4 nitrogen and oxygen atoms in total. The van der Waals surface area contributed by atoms with Crippen LogP contribution in [0.15, 0.2) is 70.4 Å². The lowest BCUT2D eigenvalue weighted by Crippen LogP contribution is -2.05. The Balaban J connectivity index is 1.91. The summed E-state index contributed by atoms with van der Waals surface area (Å²) in [5.74, 6) is -0.107. The Bertz CT molecular complexity index is 930. The van der Waals surface area contributed by atoms with Crippen LogP contribution in [0.25, 0.3) is 11.1 Å². The average Bonchev–Trinajstić information content (AvgIpc) is 3.09. The van der Waals surface area contributed by atoms with E-state index in [9.17, 15) is 12.8 Å². The van der Waals surface area contributed by atoms with Gasteiger partial charge in [-0.05, 0) is 42.0 Å². The second-order valence-electron chi connectivity index (χ2n) is 5.26. The second-order valence-corrected chi connectivity index (χ2v) is 7.25. The van der Waals surface area contributed by atoms with Crippen LogP contribution >= 0.6 is 0 Å². The van der Waals surface area contributed by atoms with Gasteiger partial charge >= 0.3 is 0 Å². The summed E-state index contributed by atoms with van der Waals surface area (Å²) in [6.45, 7) is 0. The normalized spacial score (nSPS) is 11.4. The van der Waals surface area contributed by atoms with E-state index in [1.165, 1.54) is 19.2 Å². The molecular formula is C18H15FO4S. The van der Waals surface area contributed by atoms with Gasteiger partial charge in [0, 0.05) is 11.1 Å². The first-order valence-electron chi connectivity index (χ1n) is 7.17. The molecule has 0 fully saturated rings. The largest absolute Gasteiger partial charge is 0.496 e. The van der Waals surface area contributed by atoms with Gasteiger partial charge in [0.2, 0.25) is 0 Å². The number of halogens is 1. The zero-order valence-corrected chi connectivity index (χ0v) is 13.7. The van der Waals surface area contributed by atoms with E-state index in [4.69, 9.17) is 9.15 Å². The maximum Gasteiger partial charge on any atom is 0.182 e. The van der Waals surface area contributed by atoms with Crippen molar-refractivity contribution in [1.82, 2.24) is 0 Å². The molecule has 0 bridgehead atoms. The first-order chi connectivity index (χ1) is 11.5. The quantitative estimate of drug-likeness (QED) is 0.654. The number of benzene rings is 2. The van der Waals surface area contributed by atoms with Gasteiger partial charge in [-0.15, -0.1) is 0 Å². The Hall–Kier alpha value is -2.60. The molecule has 0 saturated carbocycles. The van der Waals surface area contributed by atoms with E-state index < -0.39 is 15.7 Å². The van der Waals surface area contributed by atoms with E-state index in [0.717, 1.165) is 23.3 Å². The van der Waals surface area contributed by atoms with Crippen LogP contribution in [0.4, 0.5) is 4.39 Å². The summed E-state index contributed by atoms with van der Waals surface area (Å²) in [4.78, 5) is 0.0850. The predicted molar refractivity (Wildman–Crippen MR) is 88.0 cm³/mol. The SMILES string of the molecule is COc1cc(CS(=O)(=O)c2ccc(F)cc2)ccc1-c1ccoc1. The van der Waals surface area contributed by atoms with Gasteiger partial charge in [0.25, 0.3) is 0 Å². The van der Waals surface area contributed by atoms with E-state index in [0.29, 0.717) is 11.3 Å². The zero-order chi connectivity index (χ0) is 17.2. The summed E-state index contributed by atoms with van der Waals surface area (Å²) in [5.41, 5.74) is 2.25. The van der Waals surface area contributed by atoms with Crippen molar-refractivity contribution >= 4 is 9.84 Å². The van der Waals surface area contributed by atoms with Gasteiger partial charge in [0.1, 0.15) is 11.6 Å². The van der Waals surface area contributed by atoms with Gasteiger partial charge in [-0.3, -0.25) is 0 Å². The standard InChI is InChI=1S/C18H15FO4S/c1-22-18-10-13(2-7-17(18)14-8-9-23-11-14)12-24(20,21)16-5-3-15(19)4-6-16/h2-11H,12H2,1H3. The summed E-state index contributed by atoms with van der Waals surface area (Å²) in [5, 5.41) is 0. The number of sulfone groups is 1. The predicted octanol–water partition coefficient (Wildman–Crippen LogP) is 4.07. The molecular weight excluding hydrogens is 331 g/mol. The molecule has 0 aliphatic rings. The highest BCUT2D eigenvalue weighted by atomic mass is 32.2. The monoisotopic (exact) mass is 346 g/mol. The fraction of sp³-hybridized carbons (Fsp3) is 0.111. The fourth-order valence-electron chi connectivity index (χ4n) is 2.43. The van der Waals surface area contributed by atoms with Crippen molar-refractivity contribution in [2.75, 3.05) is 7.11 Å². The molecule has 0 aliphatic heterocycles. The molecule has 0 saturated heterocycles. The maximum atomic E-state index is 13.0. The van der Waals surface area contributed by atoms with E-state index >= 15 is 0 Å². The Morgan fingerprint density at radius 1 is 1.08 bits per heavy atom. The van der Waals surface area contributed by atoms with E-state index in [1.54, 1.807) is 36.8 Å². The molecule has 0 unspecified atom stereocenters. The summed E-state index contributed by atoms with van der Waals surface area (Å²) in [6, 6.07) is 11.8. The van der Waals surface area contributed by atoms with Crippen molar-refractivity contribution in [1.29, 1.82) is 0 Å². The molecule has 0 radical (unpaired) electrons. The van der Waals surface area contributed by atoms with Crippen LogP contribution in [0, 0.1) is 5.82 Å². The maximum absolute atomic E-state index is 13.0. The summed E-state index contributed by atoms with van der Waals surface area (Å²) in [6.07, 6.45) is 3.15. The van der Waals surface area contributed by atoms with Crippen LogP contribution < -0.4 is 4.74 Å². The topological polar surface area (TPSA) is 56.5 Å². The third-order valence-corrected chi connectivity index (χ3v) is 5.33. The smallest absolute Gasteiger partial charge is 0.182 e. The first-order valence-corrected chi connectivity index (χ1v) is 8.82. The number of furan rings is 1. The molecule has 1 heterocycles. The Labute approximate surface area is 139 Å². The van der Waals surface area contributed by atoms with E-state index in [1.807, 2.05) is 0 Å². The number of ether oxygens (including phenoxy) is 1. The Morgan fingerprint density at radius 3 is 2.46 bits per heavy atom. The molecule has 0 aliphatic carbocycles. The Morgan fingerprint density at radius 2 is 1.83 bits per heavy atom. The minimum absolute atomic E-state index is 0.0850. The van der Waals surface area contributed by atoms with Gasteiger partial charge in [-0.2, -0.15) is 0 Å². The number of hydrogen-bond acceptors (Lipinski definition) is 4. The minimum Gasteiger partial charge on any atom is -0.496 e. The molecule has 124 valence electrons. The van der Waals surface area contributed by atoms with Crippen LogP contribution in [0.2, 0.25) is 0 Å². The van der Waals surface area contributed by atoms with Gasteiger partial charge in [0.05, 0.1) is 30.3 Å². The molecule has 1 aromatic heterocycles. The third kappa shape index (κ3) is 3.33. The summed E-state index contributed by atoms with van der Waals surface area (Å²) in [7, 11) is -2.04. The average molecular weight is 346 g/mol. The van der Waals surface area contributed by atoms with Crippen LogP contribution in [-0.4, -0.2) is 15.5 Å². The Kier molecular flexibility index (Phi) is 4.40. The second kappa shape index (κ2) is 6.49. The van der Waals surface area contributed by atoms with E-state index in [-0.39, 0.29) is 10.6 Å². The minimum atomic E-state index is -3.56. The molecule has 2 aromatic carbocycles. The molecule has 6 heteroatoms. The molecule has 0 amide bonds. The van der Waals surface area contributed by atoms with Gasteiger partial charge in [0.15, 0.2) is 9.84 Å². The fourth-order valence-corrected chi connectivity index (χ4v) is 3.76. The lowest BCUT2D eigenvalue weighted by atomic mass is 10.1. The van der Waals surface area contributed by atoms with Crippen LogP contribution in [0.3, 0.4) is 0 Å². The molecule has 3 rings (SSSR count). The highest BCUT2D eigenvalue weighted by molar-refractivity contribution is 7.90. The number of methoxy groups -OCH3 is 1. The van der Waals surface area contributed by atoms with Crippen molar-refractivity contribution in [3.8, 4) is 16.9 Å². The first kappa shape index (κ1) is 16.3. The third-order valence-electron chi connectivity index (χ3n) is 3.63. The molecule has 3 aromatic rings. The lowest BCUT2D eigenvalue weighted by molar-refractivity contribution is 0.416. The summed E-state index contributed by atoms with van der Waals surface area (Å²) >= 11 is 0.